The molecule has 0 amide bonds. The molecule has 0 aliphatic heterocycles. The van der Waals surface area contributed by atoms with Gasteiger partial charge in [-0.05, 0) is 36.8 Å². The minimum atomic E-state index is 0.632. The van der Waals surface area contributed by atoms with E-state index in [1.165, 1.54) is 5.56 Å². The summed E-state index contributed by atoms with van der Waals surface area (Å²) in [6.45, 7) is 2.59. The third-order valence-corrected chi connectivity index (χ3v) is 5.87. The van der Waals surface area contributed by atoms with Crippen LogP contribution in [0.3, 0.4) is 0 Å². The van der Waals surface area contributed by atoms with E-state index in [0.717, 1.165) is 22.2 Å². The molecule has 0 radical (unpaired) electrons. The van der Waals surface area contributed by atoms with E-state index in [0.29, 0.717) is 29.8 Å². The van der Waals surface area contributed by atoms with E-state index in [2.05, 4.69) is 26.9 Å². The van der Waals surface area contributed by atoms with Crippen LogP contribution in [0.15, 0.2) is 93.1 Å². The third kappa shape index (κ3) is 4.18. The summed E-state index contributed by atoms with van der Waals surface area (Å²) in [6, 6.07) is 23.9. The van der Waals surface area contributed by atoms with Crippen molar-refractivity contribution in [3.05, 3.63) is 96.1 Å². The molecule has 0 atom stereocenters. The Labute approximate surface area is 184 Å². The van der Waals surface area contributed by atoms with E-state index in [4.69, 9.17) is 13.8 Å². The van der Waals surface area contributed by atoms with Crippen LogP contribution in [0.1, 0.15) is 17.0 Å². The van der Waals surface area contributed by atoms with Gasteiger partial charge in [0, 0.05) is 11.3 Å². The molecule has 0 unspecified atom stereocenters. The van der Waals surface area contributed by atoms with Crippen LogP contribution >= 0.6 is 11.8 Å². The molecule has 3 aromatic heterocycles. The first-order valence-electron chi connectivity index (χ1n) is 9.93. The highest BCUT2D eigenvalue weighted by molar-refractivity contribution is 7.98. The van der Waals surface area contributed by atoms with Crippen molar-refractivity contribution in [2.75, 3.05) is 0 Å². The van der Waals surface area contributed by atoms with Crippen LogP contribution in [0.2, 0.25) is 0 Å². The molecular weight excluding hydrogens is 408 g/mol. The van der Waals surface area contributed by atoms with Crippen molar-refractivity contribution in [2.45, 2.75) is 24.4 Å². The number of furan rings is 1. The number of aryl methyl sites for hydroxylation is 1. The second-order valence-corrected chi connectivity index (χ2v) is 7.97. The molecule has 0 fully saturated rings. The Balaban J connectivity index is 1.41. The van der Waals surface area contributed by atoms with Crippen molar-refractivity contribution in [2.24, 2.45) is 0 Å². The molecule has 5 rings (SSSR count). The molecule has 154 valence electrons. The topological polar surface area (TPSA) is 69.9 Å². The van der Waals surface area contributed by atoms with Crippen molar-refractivity contribution < 1.29 is 8.83 Å². The second kappa shape index (κ2) is 8.65. The number of hydrogen-bond donors (Lipinski definition) is 0. The van der Waals surface area contributed by atoms with Crippen LogP contribution in [0, 0.1) is 6.92 Å². The van der Waals surface area contributed by atoms with Crippen molar-refractivity contribution in [1.29, 1.82) is 0 Å². The maximum Gasteiger partial charge on any atom is 0.226 e. The summed E-state index contributed by atoms with van der Waals surface area (Å²) in [5, 5.41) is 9.64. The average molecular weight is 429 g/mol. The van der Waals surface area contributed by atoms with Gasteiger partial charge in [0.15, 0.2) is 10.9 Å². The molecule has 0 spiro atoms. The normalized spacial score (nSPS) is 11.1. The molecule has 2 aromatic carbocycles. The molecule has 7 heteroatoms. The lowest BCUT2D eigenvalue weighted by Crippen LogP contribution is -2.04. The first kappa shape index (κ1) is 19.4. The van der Waals surface area contributed by atoms with Crippen LogP contribution in [-0.2, 0) is 12.3 Å². The zero-order valence-electron chi connectivity index (χ0n) is 16.9. The maximum atomic E-state index is 5.90. The molecule has 0 bridgehead atoms. The Morgan fingerprint density at radius 1 is 0.903 bits per heavy atom. The van der Waals surface area contributed by atoms with Crippen molar-refractivity contribution >= 4 is 11.8 Å². The summed E-state index contributed by atoms with van der Waals surface area (Å²) in [5.74, 6) is 3.48. The molecule has 31 heavy (non-hydrogen) atoms. The van der Waals surface area contributed by atoms with Crippen molar-refractivity contribution in [1.82, 2.24) is 19.7 Å². The Morgan fingerprint density at radius 3 is 2.42 bits per heavy atom. The molecule has 0 aliphatic rings. The zero-order chi connectivity index (χ0) is 21.0. The van der Waals surface area contributed by atoms with Crippen LogP contribution in [0.25, 0.3) is 23.0 Å². The molecule has 5 aromatic rings. The van der Waals surface area contributed by atoms with E-state index >= 15 is 0 Å². The quantitative estimate of drug-likeness (QED) is 0.303. The lowest BCUT2D eigenvalue weighted by Gasteiger charge is -2.09. The summed E-state index contributed by atoms with van der Waals surface area (Å²) < 4.78 is 13.6. The van der Waals surface area contributed by atoms with Gasteiger partial charge in [-0.3, -0.25) is 4.57 Å². The Hall–Kier alpha value is -3.58. The third-order valence-electron chi connectivity index (χ3n) is 4.89. The number of oxazole rings is 1. The Bertz CT molecular complexity index is 1260. The van der Waals surface area contributed by atoms with Crippen LogP contribution in [0.4, 0.5) is 0 Å². The van der Waals surface area contributed by atoms with Crippen molar-refractivity contribution in [3.8, 4) is 23.0 Å². The molecule has 3 heterocycles. The first-order chi connectivity index (χ1) is 15.3. The largest absolute Gasteiger partial charge is 0.461 e. The summed E-state index contributed by atoms with van der Waals surface area (Å²) in [5.41, 5.74) is 3.03. The van der Waals surface area contributed by atoms with Gasteiger partial charge in [-0.15, -0.1) is 10.2 Å². The predicted octanol–water partition coefficient (Wildman–Crippen LogP) is 5.84. The fourth-order valence-corrected chi connectivity index (χ4v) is 4.23. The van der Waals surface area contributed by atoms with E-state index in [9.17, 15) is 0 Å². The van der Waals surface area contributed by atoms with Gasteiger partial charge in [-0.25, -0.2) is 4.98 Å². The number of aromatic nitrogens is 4. The van der Waals surface area contributed by atoms with Gasteiger partial charge >= 0.3 is 0 Å². The van der Waals surface area contributed by atoms with Gasteiger partial charge < -0.3 is 8.83 Å². The number of hydrogen-bond acceptors (Lipinski definition) is 6. The fraction of sp³-hybridized carbons (Fsp3) is 0.125. The zero-order valence-corrected chi connectivity index (χ0v) is 17.7. The molecular formula is C24H20N4O2S. The van der Waals surface area contributed by atoms with Crippen LogP contribution in [0.5, 0.6) is 0 Å². The molecule has 0 aliphatic carbocycles. The Morgan fingerprint density at radius 2 is 1.68 bits per heavy atom. The van der Waals surface area contributed by atoms with Crippen LogP contribution in [-0.4, -0.2) is 19.7 Å². The monoisotopic (exact) mass is 428 g/mol. The smallest absolute Gasteiger partial charge is 0.226 e. The van der Waals surface area contributed by atoms with E-state index in [-0.39, 0.29) is 0 Å². The number of thioether (sulfide) groups is 1. The highest BCUT2D eigenvalue weighted by Crippen LogP contribution is 2.30. The van der Waals surface area contributed by atoms with Crippen LogP contribution < -0.4 is 0 Å². The van der Waals surface area contributed by atoms with E-state index in [1.807, 2.05) is 67.6 Å². The highest BCUT2D eigenvalue weighted by Gasteiger charge is 2.18. The minimum absolute atomic E-state index is 0.632. The van der Waals surface area contributed by atoms with Gasteiger partial charge in [0.05, 0.1) is 18.5 Å². The van der Waals surface area contributed by atoms with Gasteiger partial charge in [-0.1, -0.05) is 60.3 Å². The maximum absolute atomic E-state index is 5.90. The SMILES string of the molecule is Cc1oc(-c2ccccc2)nc1CSc1nnc(-c2ccco2)n1Cc1ccccc1. The van der Waals surface area contributed by atoms with Crippen molar-refractivity contribution in [3.63, 3.8) is 0 Å². The fourth-order valence-electron chi connectivity index (χ4n) is 3.29. The number of nitrogens with zero attached hydrogens (tertiary/aromatic N) is 4. The standard InChI is InChI=1S/C24H20N4O2S/c1-17-20(25-23(30-17)19-11-6-3-7-12-19)16-31-24-27-26-22(21-13-8-14-29-21)28(24)15-18-9-4-2-5-10-18/h2-14H,15-16H2,1H3. The number of rotatable bonds is 7. The summed E-state index contributed by atoms with van der Waals surface area (Å²) in [7, 11) is 0. The lowest BCUT2D eigenvalue weighted by molar-refractivity contribution is 0.540. The Kier molecular flexibility index (Phi) is 5.41. The summed E-state index contributed by atoms with van der Waals surface area (Å²) in [4.78, 5) is 4.70. The summed E-state index contributed by atoms with van der Waals surface area (Å²) >= 11 is 1.59. The predicted molar refractivity (Wildman–Crippen MR) is 120 cm³/mol. The molecule has 0 N–H and O–H groups in total. The second-order valence-electron chi connectivity index (χ2n) is 7.03. The van der Waals surface area contributed by atoms with E-state index < -0.39 is 0 Å². The molecule has 0 saturated carbocycles. The average Bonchev–Trinajstić information content (AvgIpc) is 3.54. The molecule has 0 saturated heterocycles. The number of benzene rings is 2. The lowest BCUT2D eigenvalue weighted by atomic mass is 10.2. The summed E-state index contributed by atoms with van der Waals surface area (Å²) in [6.07, 6.45) is 1.65. The minimum Gasteiger partial charge on any atom is -0.461 e. The van der Waals surface area contributed by atoms with Gasteiger partial charge in [0.25, 0.3) is 0 Å². The molecule has 6 nitrogen and oxygen atoms in total. The van der Waals surface area contributed by atoms with Gasteiger partial charge in [-0.2, -0.15) is 0 Å². The first-order valence-corrected chi connectivity index (χ1v) is 10.9. The highest BCUT2D eigenvalue weighted by atomic mass is 32.2. The van der Waals surface area contributed by atoms with Gasteiger partial charge in [0.2, 0.25) is 11.7 Å². The van der Waals surface area contributed by atoms with Gasteiger partial charge in [0.1, 0.15) is 5.76 Å². The van der Waals surface area contributed by atoms with E-state index in [1.54, 1.807) is 18.0 Å².